The summed E-state index contributed by atoms with van der Waals surface area (Å²) in [6.07, 6.45) is 2.44. The Kier molecular flexibility index (Phi) is 5.18. The number of nitrogens with zero attached hydrogens (tertiary/aromatic N) is 4. The van der Waals surface area contributed by atoms with E-state index >= 15 is 0 Å². The van der Waals surface area contributed by atoms with E-state index in [2.05, 4.69) is 23.7 Å². The minimum Gasteiger partial charge on any atom is -0.385 e. The number of anilines is 2. The van der Waals surface area contributed by atoms with Gasteiger partial charge in [0.1, 0.15) is 17.2 Å². The van der Waals surface area contributed by atoms with Crippen molar-refractivity contribution in [2.45, 2.75) is 38.5 Å². The molecule has 1 saturated heterocycles. The molecule has 4 heterocycles. The highest BCUT2D eigenvalue weighted by atomic mass is 16.5. The molecule has 2 aliphatic heterocycles. The number of nitrogens with two attached hydrogens (primary N) is 1. The van der Waals surface area contributed by atoms with E-state index in [1.807, 2.05) is 6.07 Å². The van der Waals surface area contributed by atoms with Gasteiger partial charge < -0.3 is 24.8 Å². The second kappa shape index (κ2) is 7.62. The molecule has 0 aromatic carbocycles. The van der Waals surface area contributed by atoms with Crippen molar-refractivity contribution in [3.05, 3.63) is 29.6 Å². The molecule has 2 atom stereocenters. The Hall–Kier alpha value is -2.29. The molecule has 0 bridgehead atoms. The summed E-state index contributed by atoms with van der Waals surface area (Å²) < 4.78 is 17.1. The average Bonchev–Trinajstić information content (AvgIpc) is 3.04. The van der Waals surface area contributed by atoms with Crippen molar-refractivity contribution in [1.29, 1.82) is 0 Å². The van der Waals surface area contributed by atoms with Crippen LogP contribution in [0.15, 0.2) is 18.3 Å². The van der Waals surface area contributed by atoms with Crippen molar-refractivity contribution >= 4 is 11.6 Å². The van der Waals surface area contributed by atoms with Crippen LogP contribution in [0.25, 0.3) is 11.4 Å². The molecule has 28 heavy (non-hydrogen) atoms. The number of ether oxygens (including phenoxy) is 3. The number of rotatable bonds is 5. The van der Waals surface area contributed by atoms with Crippen molar-refractivity contribution in [3.63, 3.8) is 0 Å². The summed E-state index contributed by atoms with van der Waals surface area (Å²) in [5, 5.41) is 0. The van der Waals surface area contributed by atoms with Crippen molar-refractivity contribution in [2.75, 3.05) is 44.1 Å². The molecule has 1 fully saturated rings. The Balaban J connectivity index is 1.83. The molecule has 2 aliphatic rings. The number of hydrogen-bond donors (Lipinski definition) is 1. The summed E-state index contributed by atoms with van der Waals surface area (Å²) in [6.45, 7) is 7.47. The zero-order valence-corrected chi connectivity index (χ0v) is 16.6. The lowest BCUT2D eigenvalue weighted by Crippen LogP contribution is -2.44. The van der Waals surface area contributed by atoms with E-state index in [-0.39, 0.29) is 6.04 Å². The molecule has 8 heteroatoms. The summed E-state index contributed by atoms with van der Waals surface area (Å²) in [5.74, 6) is 2.03. The second-order valence-electron chi connectivity index (χ2n) is 7.55. The second-order valence-corrected chi connectivity index (χ2v) is 7.55. The fourth-order valence-electron chi connectivity index (χ4n) is 3.78. The highest BCUT2D eigenvalue weighted by molar-refractivity contribution is 5.62. The van der Waals surface area contributed by atoms with Crippen LogP contribution in [0.4, 0.5) is 11.6 Å². The highest BCUT2D eigenvalue weighted by Crippen LogP contribution is 2.42. The Morgan fingerprint density at radius 3 is 2.93 bits per heavy atom. The number of aromatic nitrogens is 3. The van der Waals surface area contributed by atoms with E-state index in [1.54, 1.807) is 19.4 Å². The van der Waals surface area contributed by atoms with E-state index in [1.165, 1.54) is 0 Å². The lowest BCUT2D eigenvalue weighted by atomic mass is 9.96. The zero-order chi connectivity index (χ0) is 19.7. The molecule has 150 valence electrons. The predicted octanol–water partition coefficient (Wildman–Crippen LogP) is 2.13. The molecule has 0 amide bonds. The van der Waals surface area contributed by atoms with E-state index in [0.29, 0.717) is 38.1 Å². The van der Waals surface area contributed by atoms with Crippen molar-refractivity contribution in [1.82, 2.24) is 15.0 Å². The van der Waals surface area contributed by atoms with Crippen LogP contribution in [0.2, 0.25) is 0 Å². The first-order chi connectivity index (χ1) is 13.5. The number of fused-ring (bicyclic) bond motifs is 1. The zero-order valence-electron chi connectivity index (χ0n) is 16.6. The molecule has 0 saturated carbocycles. The molecule has 2 N–H and O–H groups in total. The number of methoxy groups -OCH3 is 1. The van der Waals surface area contributed by atoms with Crippen LogP contribution in [0, 0.1) is 0 Å². The van der Waals surface area contributed by atoms with Crippen LogP contribution in [0.1, 0.15) is 31.5 Å². The fourth-order valence-corrected chi connectivity index (χ4v) is 3.78. The van der Waals surface area contributed by atoms with Crippen LogP contribution in [0.3, 0.4) is 0 Å². The van der Waals surface area contributed by atoms with Crippen LogP contribution < -0.4 is 10.6 Å². The fraction of sp³-hybridized carbons (Fsp3) is 0.550. The third-order valence-electron chi connectivity index (χ3n) is 5.49. The monoisotopic (exact) mass is 385 g/mol. The van der Waals surface area contributed by atoms with Gasteiger partial charge in [-0.05, 0) is 26.0 Å². The Morgan fingerprint density at radius 2 is 2.21 bits per heavy atom. The van der Waals surface area contributed by atoms with E-state index in [4.69, 9.17) is 29.9 Å². The molecular formula is C20H27N5O3. The van der Waals surface area contributed by atoms with Gasteiger partial charge >= 0.3 is 0 Å². The lowest BCUT2D eigenvalue weighted by Gasteiger charge is -2.35. The largest absolute Gasteiger partial charge is 0.385 e. The minimum absolute atomic E-state index is 0.232. The molecule has 2 aromatic rings. The maximum absolute atomic E-state index is 6.21. The first-order valence-electron chi connectivity index (χ1n) is 9.62. The van der Waals surface area contributed by atoms with Crippen molar-refractivity contribution in [2.24, 2.45) is 0 Å². The smallest absolute Gasteiger partial charge is 0.163 e. The SMILES string of the molecule is COCC[C@@]1(C)OCc2c(N3CCOC[C@@H]3C)nc(-c3ccc(N)nc3)nc21. The lowest BCUT2D eigenvalue weighted by molar-refractivity contribution is -0.0448. The van der Waals surface area contributed by atoms with Gasteiger partial charge in [0.05, 0.1) is 31.6 Å². The van der Waals surface area contributed by atoms with Crippen LogP contribution in [0.5, 0.6) is 0 Å². The maximum Gasteiger partial charge on any atom is 0.163 e. The van der Waals surface area contributed by atoms with Gasteiger partial charge in [0.25, 0.3) is 0 Å². The average molecular weight is 385 g/mol. The standard InChI is InChI=1S/C20H27N5O3/c1-13-11-27-9-7-25(13)19-15-12-28-20(2,6-8-26-3)17(15)23-18(24-19)14-4-5-16(21)22-10-14/h4-5,10,13H,6-9,11-12H2,1-3H3,(H2,21,22)/t13-,20+/m0/s1. The van der Waals surface area contributed by atoms with Gasteiger partial charge in [-0.1, -0.05) is 0 Å². The van der Waals surface area contributed by atoms with E-state index < -0.39 is 5.60 Å². The molecular weight excluding hydrogens is 358 g/mol. The van der Waals surface area contributed by atoms with Gasteiger partial charge in [-0.2, -0.15) is 0 Å². The quantitative estimate of drug-likeness (QED) is 0.836. The summed E-state index contributed by atoms with van der Waals surface area (Å²) in [5.41, 5.74) is 8.06. The first-order valence-corrected chi connectivity index (χ1v) is 9.62. The summed E-state index contributed by atoms with van der Waals surface area (Å²) in [7, 11) is 1.70. The molecule has 0 spiro atoms. The molecule has 4 rings (SSSR count). The van der Waals surface area contributed by atoms with Crippen LogP contribution >= 0.6 is 0 Å². The summed E-state index contributed by atoms with van der Waals surface area (Å²) in [4.78, 5) is 16.3. The predicted molar refractivity (Wildman–Crippen MR) is 106 cm³/mol. The van der Waals surface area contributed by atoms with E-state index in [0.717, 1.165) is 35.6 Å². The number of hydrogen-bond acceptors (Lipinski definition) is 8. The summed E-state index contributed by atoms with van der Waals surface area (Å²) in [6, 6.07) is 3.90. The Bertz CT molecular complexity index is 844. The van der Waals surface area contributed by atoms with Gasteiger partial charge in [0, 0.05) is 44.0 Å². The number of pyridine rings is 1. The number of morpholine rings is 1. The van der Waals surface area contributed by atoms with Crippen LogP contribution in [-0.4, -0.2) is 54.5 Å². The van der Waals surface area contributed by atoms with Crippen molar-refractivity contribution in [3.8, 4) is 11.4 Å². The van der Waals surface area contributed by atoms with Gasteiger partial charge in [0.15, 0.2) is 5.82 Å². The highest BCUT2D eigenvalue weighted by Gasteiger charge is 2.41. The Labute approximate surface area is 165 Å². The van der Waals surface area contributed by atoms with Gasteiger partial charge in [-0.3, -0.25) is 0 Å². The third-order valence-corrected chi connectivity index (χ3v) is 5.49. The maximum atomic E-state index is 6.21. The third kappa shape index (κ3) is 3.43. The molecule has 2 aromatic heterocycles. The molecule has 8 nitrogen and oxygen atoms in total. The molecule has 0 aliphatic carbocycles. The van der Waals surface area contributed by atoms with E-state index in [9.17, 15) is 0 Å². The van der Waals surface area contributed by atoms with Gasteiger partial charge in [0.2, 0.25) is 0 Å². The topological polar surface area (TPSA) is 95.6 Å². The normalized spacial score (nSPS) is 24.4. The summed E-state index contributed by atoms with van der Waals surface area (Å²) >= 11 is 0. The van der Waals surface area contributed by atoms with Gasteiger partial charge in [-0.25, -0.2) is 15.0 Å². The molecule has 0 radical (unpaired) electrons. The van der Waals surface area contributed by atoms with Gasteiger partial charge in [-0.15, -0.1) is 0 Å². The number of nitrogen functional groups attached to an aromatic ring is 1. The Morgan fingerprint density at radius 1 is 1.36 bits per heavy atom. The van der Waals surface area contributed by atoms with Crippen molar-refractivity contribution < 1.29 is 14.2 Å². The first kappa shape index (κ1) is 19.0. The van der Waals surface area contributed by atoms with Crippen LogP contribution in [-0.2, 0) is 26.4 Å². The minimum atomic E-state index is -0.505. The molecule has 0 unspecified atom stereocenters.